The number of aromatic nitrogens is 2. The molecule has 3 aromatic rings. The number of fused-ring (bicyclic) bond motifs is 4. The lowest BCUT2D eigenvalue weighted by molar-refractivity contribution is -0.119. The lowest BCUT2D eigenvalue weighted by Crippen LogP contribution is -2.43. The summed E-state index contributed by atoms with van der Waals surface area (Å²) in [6, 6.07) is 8.87. The minimum Gasteiger partial charge on any atom is -0.356 e. The maximum absolute atomic E-state index is 13.1. The van der Waals surface area contributed by atoms with Crippen molar-refractivity contribution in [3.63, 3.8) is 0 Å². The number of thiol groups is 1. The van der Waals surface area contributed by atoms with Gasteiger partial charge in [-0.15, -0.1) is 0 Å². The molecular weight excluding hydrogens is 512 g/mol. The van der Waals surface area contributed by atoms with Crippen molar-refractivity contribution in [2.75, 3.05) is 44.0 Å². The third-order valence-corrected chi connectivity index (χ3v) is 10.0. The zero-order valence-electron chi connectivity index (χ0n) is 22.6. The van der Waals surface area contributed by atoms with Crippen molar-refractivity contribution in [2.45, 2.75) is 55.5 Å². The Labute approximate surface area is 230 Å². The van der Waals surface area contributed by atoms with Crippen LogP contribution in [0.2, 0.25) is 0 Å². The summed E-state index contributed by atoms with van der Waals surface area (Å²) in [5.41, 5.74) is 4.75. The van der Waals surface area contributed by atoms with Gasteiger partial charge in [0, 0.05) is 54.5 Å². The van der Waals surface area contributed by atoms with E-state index >= 15 is 0 Å². The van der Waals surface area contributed by atoms with E-state index in [0.717, 1.165) is 96.3 Å². The van der Waals surface area contributed by atoms with Crippen LogP contribution < -0.4 is 14.5 Å². The molecule has 3 fully saturated rings. The quantitative estimate of drug-likeness (QED) is 0.459. The molecule has 1 N–H and O–H groups in total. The van der Waals surface area contributed by atoms with Crippen LogP contribution in [0.4, 0.5) is 11.5 Å². The van der Waals surface area contributed by atoms with Crippen LogP contribution in [-0.2, 0) is 26.6 Å². The second-order valence-corrected chi connectivity index (χ2v) is 12.7. The van der Waals surface area contributed by atoms with Crippen LogP contribution in [-0.4, -0.2) is 69.5 Å². The van der Waals surface area contributed by atoms with Gasteiger partial charge in [-0.2, -0.15) is 0 Å². The molecular formula is C29H34N6O3S. The largest absolute Gasteiger partial charge is 0.356 e. The third kappa shape index (κ3) is 3.87. The number of anilines is 2. The van der Waals surface area contributed by atoms with Crippen LogP contribution >= 0.6 is 0 Å². The number of rotatable bonds is 6. The van der Waals surface area contributed by atoms with Gasteiger partial charge >= 0.3 is 0 Å². The maximum atomic E-state index is 13.1. The van der Waals surface area contributed by atoms with Crippen LogP contribution in [0.5, 0.6) is 0 Å². The van der Waals surface area contributed by atoms with Crippen LogP contribution in [0.25, 0.3) is 22.0 Å². The summed E-state index contributed by atoms with van der Waals surface area (Å²) in [7, 11) is 3.34. The molecule has 7 rings (SSSR count). The van der Waals surface area contributed by atoms with E-state index in [4.69, 9.17) is 4.98 Å². The highest BCUT2D eigenvalue weighted by Gasteiger charge is 2.59. The second-order valence-electron chi connectivity index (χ2n) is 11.9. The predicted molar refractivity (Wildman–Crippen MR) is 153 cm³/mol. The number of piperidine rings is 1. The molecule has 204 valence electrons. The number of carbonyl (C=O) groups is 1. The van der Waals surface area contributed by atoms with Crippen molar-refractivity contribution in [1.29, 1.82) is 0 Å². The Morgan fingerprint density at radius 1 is 1.00 bits per heavy atom. The molecule has 0 bridgehead atoms. The van der Waals surface area contributed by atoms with Crippen LogP contribution in [0.1, 0.15) is 49.7 Å². The first-order chi connectivity index (χ1) is 18.7. The molecule has 0 radical (unpaired) electrons. The molecule has 1 spiro atoms. The Balaban J connectivity index is 1.32. The van der Waals surface area contributed by atoms with E-state index in [1.54, 1.807) is 4.90 Å². The highest BCUT2D eigenvalue weighted by Crippen LogP contribution is 2.59. The third-order valence-electron chi connectivity index (χ3n) is 9.42. The number of hydrogen-bond donors (Lipinski definition) is 2. The van der Waals surface area contributed by atoms with Gasteiger partial charge in [-0.25, -0.2) is 18.1 Å². The molecule has 2 aliphatic carbocycles. The summed E-state index contributed by atoms with van der Waals surface area (Å²) in [5.74, 6) is 1.04. The summed E-state index contributed by atoms with van der Waals surface area (Å²) in [4.78, 5) is 29.1. The van der Waals surface area contributed by atoms with Crippen molar-refractivity contribution < 1.29 is 13.2 Å². The fourth-order valence-electron chi connectivity index (χ4n) is 6.80. The minimum atomic E-state index is -2.75. The summed E-state index contributed by atoms with van der Waals surface area (Å²) in [6.07, 6.45) is 9.09. The number of nitrogens with zero attached hydrogens (tertiary/aromatic N) is 5. The molecule has 1 saturated heterocycles. The van der Waals surface area contributed by atoms with E-state index in [1.807, 2.05) is 31.6 Å². The van der Waals surface area contributed by atoms with Gasteiger partial charge in [0.05, 0.1) is 28.4 Å². The smallest absolute Gasteiger partial charge is 0.237 e. The van der Waals surface area contributed by atoms with Crippen molar-refractivity contribution in [1.82, 2.24) is 19.6 Å². The van der Waals surface area contributed by atoms with Crippen LogP contribution in [0.15, 0.2) is 36.7 Å². The molecule has 0 unspecified atom stereocenters. The first-order valence-corrected chi connectivity index (χ1v) is 15.0. The number of benzene rings is 1. The maximum Gasteiger partial charge on any atom is 0.237 e. The molecule has 4 aliphatic rings. The Morgan fingerprint density at radius 2 is 1.74 bits per heavy atom. The normalized spacial score (nSPS) is 21.4. The lowest BCUT2D eigenvalue weighted by Gasteiger charge is -2.37. The first kappa shape index (κ1) is 24.9. The minimum absolute atomic E-state index is 0.164. The molecule has 2 saturated carbocycles. The molecule has 4 heterocycles. The van der Waals surface area contributed by atoms with Gasteiger partial charge in [0.25, 0.3) is 0 Å². The van der Waals surface area contributed by atoms with E-state index in [-0.39, 0.29) is 5.91 Å². The van der Waals surface area contributed by atoms with Gasteiger partial charge in [-0.1, -0.05) is 6.07 Å². The molecule has 39 heavy (non-hydrogen) atoms. The van der Waals surface area contributed by atoms with E-state index in [0.29, 0.717) is 6.04 Å². The second kappa shape index (κ2) is 8.71. The predicted octanol–water partition coefficient (Wildman–Crippen LogP) is 2.94. The van der Waals surface area contributed by atoms with Gasteiger partial charge < -0.3 is 14.7 Å². The SMILES string of the molecule is CN1C(=O)C2(CC2)c2c1cnc1ccc(-c3cnc(N4CCC(N(C)C)CC4)c(C4(N[SH](=O)=O)CC4)c3)cc21. The summed E-state index contributed by atoms with van der Waals surface area (Å²) in [5, 5.41) is 1.01. The molecule has 2 aromatic heterocycles. The van der Waals surface area contributed by atoms with Crippen molar-refractivity contribution >= 4 is 39.2 Å². The van der Waals surface area contributed by atoms with Gasteiger partial charge in [0.2, 0.25) is 16.8 Å². The van der Waals surface area contributed by atoms with Crippen LogP contribution in [0.3, 0.4) is 0 Å². The number of likely N-dealkylation sites (N-methyl/N-ethyl adjacent to an activating group) is 1. The average molecular weight is 547 g/mol. The Bertz CT molecular complexity index is 1580. The Morgan fingerprint density at radius 3 is 2.38 bits per heavy atom. The molecule has 0 atom stereocenters. The van der Waals surface area contributed by atoms with Gasteiger partial charge in [0.15, 0.2) is 0 Å². The van der Waals surface area contributed by atoms with Crippen molar-refractivity contribution in [2.24, 2.45) is 0 Å². The number of pyridine rings is 2. The van der Waals surface area contributed by atoms with E-state index < -0.39 is 21.8 Å². The zero-order chi connectivity index (χ0) is 27.1. The fraction of sp³-hybridized carbons (Fsp3) is 0.483. The molecule has 1 aromatic carbocycles. The Hall–Kier alpha value is -3.08. The Kier molecular flexibility index (Phi) is 5.57. The summed E-state index contributed by atoms with van der Waals surface area (Å²) in [6.45, 7) is 1.78. The van der Waals surface area contributed by atoms with Crippen LogP contribution in [0, 0.1) is 0 Å². The van der Waals surface area contributed by atoms with Crippen molar-refractivity contribution in [3.8, 4) is 11.1 Å². The topological polar surface area (TPSA) is 98.7 Å². The summed E-state index contributed by atoms with van der Waals surface area (Å²) < 4.78 is 26.5. The van der Waals surface area contributed by atoms with Gasteiger partial charge in [-0.05, 0) is 76.4 Å². The van der Waals surface area contributed by atoms with E-state index in [9.17, 15) is 13.2 Å². The highest BCUT2D eigenvalue weighted by atomic mass is 32.2. The van der Waals surface area contributed by atoms with Gasteiger partial charge in [-0.3, -0.25) is 9.78 Å². The number of amides is 1. The molecule has 1 amide bonds. The average Bonchev–Trinajstić information content (AvgIpc) is 3.87. The van der Waals surface area contributed by atoms with Crippen molar-refractivity contribution in [3.05, 3.63) is 47.8 Å². The zero-order valence-corrected chi connectivity index (χ0v) is 23.5. The summed E-state index contributed by atoms with van der Waals surface area (Å²) >= 11 is 0. The number of hydrogen-bond acceptors (Lipinski definition) is 7. The number of nitrogens with one attached hydrogen (secondary N) is 1. The van der Waals surface area contributed by atoms with Gasteiger partial charge in [0.1, 0.15) is 5.82 Å². The number of carbonyl (C=O) groups excluding carboxylic acids is 1. The van der Waals surface area contributed by atoms with E-state index in [1.165, 1.54) is 0 Å². The van der Waals surface area contributed by atoms with E-state index in [2.05, 4.69) is 45.7 Å². The monoisotopic (exact) mass is 546 g/mol. The standard InChI is InChI=1S/C29H34N6O3S/c1-33(2)20-6-12-35(13-7-20)26-22(29(10-11-29)32-39(37)38)15-19(16-31-26)18-4-5-23-21(14-18)25-24(17-30-23)34(3)27(36)28(25)8-9-28/h4-5,14-17,20,39H,6-13H2,1-3H3,(H,32,37,38). The molecule has 9 nitrogen and oxygen atoms in total. The molecule has 10 heteroatoms. The lowest BCUT2D eigenvalue weighted by atomic mass is 9.92. The highest BCUT2D eigenvalue weighted by molar-refractivity contribution is 7.70. The fourth-order valence-corrected chi connectivity index (χ4v) is 7.49. The first-order valence-electron chi connectivity index (χ1n) is 13.8. The molecule has 2 aliphatic heterocycles.